The molecule has 1 amide bonds. The van der Waals surface area contributed by atoms with Crippen LogP contribution in [0.25, 0.3) is 0 Å². The number of benzene rings is 2. The van der Waals surface area contributed by atoms with E-state index in [1.807, 2.05) is 0 Å². The van der Waals surface area contributed by atoms with Crippen LogP contribution in [-0.4, -0.2) is 22.7 Å². The predicted molar refractivity (Wildman–Crippen MR) is 88.3 cm³/mol. The van der Waals surface area contributed by atoms with Gasteiger partial charge in [-0.1, -0.05) is 18.2 Å². The summed E-state index contributed by atoms with van der Waals surface area (Å²) in [6, 6.07) is 12.1. The van der Waals surface area contributed by atoms with Gasteiger partial charge in [0.25, 0.3) is 11.6 Å². The molecule has 0 aliphatic carbocycles. The maximum Gasteiger partial charge on any atom is 0.273 e. The van der Waals surface area contributed by atoms with Crippen molar-refractivity contribution in [1.29, 1.82) is 0 Å². The number of hydrogen-bond acceptors (Lipinski definition) is 5. The first-order chi connectivity index (χ1) is 11.4. The van der Waals surface area contributed by atoms with Gasteiger partial charge in [0.1, 0.15) is 5.75 Å². The second kappa shape index (κ2) is 7.36. The third-order valence-electron chi connectivity index (χ3n) is 3.25. The van der Waals surface area contributed by atoms with Gasteiger partial charge in [-0.05, 0) is 32.0 Å². The van der Waals surface area contributed by atoms with Gasteiger partial charge in [-0.3, -0.25) is 19.7 Å². The van der Waals surface area contributed by atoms with E-state index in [2.05, 4.69) is 5.32 Å². The van der Waals surface area contributed by atoms with Gasteiger partial charge in [-0.25, -0.2) is 0 Å². The third-order valence-corrected chi connectivity index (χ3v) is 3.25. The summed E-state index contributed by atoms with van der Waals surface area (Å²) in [5, 5.41) is 13.4. The molecule has 0 bridgehead atoms. The van der Waals surface area contributed by atoms with Gasteiger partial charge in [-0.2, -0.15) is 0 Å². The van der Waals surface area contributed by atoms with Crippen LogP contribution >= 0.6 is 0 Å². The maximum atomic E-state index is 12.2. The Balaban J connectivity index is 2.04. The molecular weight excluding hydrogens is 312 g/mol. The highest BCUT2D eigenvalue weighted by molar-refractivity contribution is 5.98. The fourth-order valence-corrected chi connectivity index (χ4v) is 1.99. The van der Waals surface area contributed by atoms with Crippen molar-refractivity contribution >= 4 is 23.1 Å². The Kier molecular flexibility index (Phi) is 5.26. The van der Waals surface area contributed by atoms with E-state index in [0.29, 0.717) is 11.3 Å². The monoisotopic (exact) mass is 328 g/mol. The number of hydrogen-bond donors (Lipinski definition) is 1. The van der Waals surface area contributed by atoms with Crippen molar-refractivity contribution in [3.8, 4) is 5.75 Å². The van der Waals surface area contributed by atoms with Gasteiger partial charge in [0.05, 0.1) is 11.0 Å². The van der Waals surface area contributed by atoms with Crippen LogP contribution in [0.1, 0.15) is 24.2 Å². The van der Waals surface area contributed by atoms with Crippen molar-refractivity contribution < 1.29 is 19.2 Å². The second-order valence-corrected chi connectivity index (χ2v) is 5.14. The molecule has 0 fully saturated rings. The highest BCUT2D eigenvalue weighted by Crippen LogP contribution is 2.20. The Morgan fingerprint density at radius 3 is 2.54 bits per heavy atom. The van der Waals surface area contributed by atoms with Crippen LogP contribution in [0, 0.1) is 10.1 Å². The summed E-state index contributed by atoms with van der Waals surface area (Å²) in [5.41, 5.74) is 0.844. The summed E-state index contributed by atoms with van der Waals surface area (Å²) in [7, 11) is 0. The lowest BCUT2D eigenvalue weighted by atomic mass is 10.1. The van der Waals surface area contributed by atoms with Crippen LogP contribution in [0.2, 0.25) is 0 Å². The van der Waals surface area contributed by atoms with Gasteiger partial charge in [0.2, 0.25) is 0 Å². The molecule has 24 heavy (non-hydrogen) atoms. The number of ether oxygens (including phenoxy) is 1. The zero-order valence-corrected chi connectivity index (χ0v) is 13.2. The molecule has 7 nitrogen and oxygen atoms in total. The molecule has 124 valence electrons. The Morgan fingerprint density at radius 2 is 1.88 bits per heavy atom. The lowest BCUT2D eigenvalue weighted by Gasteiger charge is -2.15. The average Bonchev–Trinajstić information content (AvgIpc) is 2.55. The van der Waals surface area contributed by atoms with E-state index in [9.17, 15) is 19.7 Å². The first-order valence-corrected chi connectivity index (χ1v) is 7.20. The standard InChI is InChI=1S/C17H16N2O5/c1-11(20)13-5-3-6-14(9-13)18-17(21)12(2)24-16-8-4-7-15(10-16)19(22)23/h3-10,12H,1-2H3,(H,18,21)/t12-/m1/s1. The summed E-state index contributed by atoms with van der Waals surface area (Å²) < 4.78 is 5.43. The molecule has 0 saturated carbocycles. The maximum absolute atomic E-state index is 12.2. The van der Waals surface area contributed by atoms with E-state index in [-0.39, 0.29) is 17.2 Å². The number of nitrogens with one attached hydrogen (secondary N) is 1. The van der Waals surface area contributed by atoms with E-state index in [1.54, 1.807) is 24.3 Å². The SMILES string of the molecule is CC(=O)c1cccc(NC(=O)[C@@H](C)Oc2cccc([N+](=O)[O-])c2)c1. The number of Topliss-reactive ketones (excluding diaryl/α,β-unsaturated/α-hetero) is 1. The smallest absolute Gasteiger partial charge is 0.273 e. The Morgan fingerprint density at radius 1 is 1.17 bits per heavy atom. The lowest BCUT2D eigenvalue weighted by molar-refractivity contribution is -0.384. The third kappa shape index (κ3) is 4.39. The molecule has 0 saturated heterocycles. The minimum Gasteiger partial charge on any atom is -0.481 e. The van der Waals surface area contributed by atoms with E-state index in [1.165, 1.54) is 38.1 Å². The topological polar surface area (TPSA) is 98.5 Å². The largest absolute Gasteiger partial charge is 0.481 e. The number of nitro groups is 1. The number of carbonyl (C=O) groups excluding carboxylic acids is 2. The molecule has 0 aromatic heterocycles. The van der Waals surface area contributed by atoms with E-state index >= 15 is 0 Å². The quantitative estimate of drug-likeness (QED) is 0.499. The molecule has 0 aliphatic rings. The molecule has 0 aliphatic heterocycles. The molecule has 2 aromatic rings. The number of amides is 1. The van der Waals surface area contributed by atoms with Crippen LogP contribution < -0.4 is 10.1 Å². The highest BCUT2D eigenvalue weighted by atomic mass is 16.6. The van der Waals surface area contributed by atoms with Gasteiger partial charge in [-0.15, -0.1) is 0 Å². The molecule has 0 spiro atoms. The molecule has 1 atom stereocenters. The summed E-state index contributed by atoms with van der Waals surface area (Å²) in [5.74, 6) is -0.307. The normalized spacial score (nSPS) is 11.4. The number of nitro benzene ring substituents is 1. The molecular formula is C17H16N2O5. The van der Waals surface area contributed by atoms with E-state index in [0.717, 1.165) is 0 Å². The Hall–Kier alpha value is -3.22. The van der Waals surface area contributed by atoms with Gasteiger partial charge < -0.3 is 10.1 Å². The van der Waals surface area contributed by atoms with Gasteiger partial charge in [0, 0.05) is 17.3 Å². The van der Waals surface area contributed by atoms with Crippen molar-refractivity contribution in [2.45, 2.75) is 20.0 Å². The molecule has 2 rings (SSSR count). The predicted octanol–water partition coefficient (Wildman–Crippen LogP) is 3.20. The molecule has 2 aromatic carbocycles. The fraction of sp³-hybridized carbons (Fsp3) is 0.176. The van der Waals surface area contributed by atoms with E-state index in [4.69, 9.17) is 4.74 Å². The highest BCUT2D eigenvalue weighted by Gasteiger charge is 2.16. The summed E-state index contributed by atoms with van der Waals surface area (Å²) in [4.78, 5) is 33.7. The number of nitrogens with zero attached hydrogens (tertiary/aromatic N) is 1. The van der Waals surface area contributed by atoms with Crippen molar-refractivity contribution in [3.63, 3.8) is 0 Å². The number of carbonyl (C=O) groups is 2. The number of anilines is 1. The molecule has 0 radical (unpaired) electrons. The Labute approximate surface area is 138 Å². The lowest BCUT2D eigenvalue weighted by Crippen LogP contribution is -2.30. The number of rotatable bonds is 6. The minimum atomic E-state index is -0.868. The number of ketones is 1. The summed E-state index contributed by atoms with van der Waals surface area (Å²) >= 11 is 0. The van der Waals surface area contributed by atoms with Gasteiger partial charge >= 0.3 is 0 Å². The molecule has 7 heteroatoms. The van der Waals surface area contributed by atoms with Crippen molar-refractivity contribution in [3.05, 3.63) is 64.2 Å². The number of non-ortho nitro benzene ring substituents is 1. The van der Waals surface area contributed by atoms with Crippen LogP contribution in [0.15, 0.2) is 48.5 Å². The van der Waals surface area contributed by atoms with Crippen molar-refractivity contribution in [2.75, 3.05) is 5.32 Å². The van der Waals surface area contributed by atoms with Crippen LogP contribution in [0.4, 0.5) is 11.4 Å². The first kappa shape index (κ1) is 17.1. The van der Waals surface area contributed by atoms with E-state index < -0.39 is 16.9 Å². The van der Waals surface area contributed by atoms with Crippen molar-refractivity contribution in [2.24, 2.45) is 0 Å². The zero-order chi connectivity index (χ0) is 17.7. The average molecular weight is 328 g/mol. The first-order valence-electron chi connectivity index (χ1n) is 7.20. The zero-order valence-electron chi connectivity index (χ0n) is 13.2. The molecule has 1 N–H and O–H groups in total. The molecule has 0 heterocycles. The minimum absolute atomic E-state index is 0.105. The summed E-state index contributed by atoms with van der Waals surface area (Å²) in [6.07, 6.45) is -0.868. The van der Waals surface area contributed by atoms with Crippen molar-refractivity contribution in [1.82, 2.24) is 0 Å². The van der Waals surface area contributed by atoms with Crippen LogP contribution in [0.5, 0.6) is 5.75 Å². The van der Waals surface area contributed by atoms with Crippen LogP contribution in [0.3, 0.4) is 0 Å². The molecule has 0 unspecified atom stereocenters. The van der Waals surface area contributed by atoms with Gasteiger partial charge in [0.15, 0.2) is 11.9 Å². The van der Waals surface area contributed by atoms with Crippen LogP contribution in [-0.2, 0) is 4.79 Å². The second-order valence-electron chi connectivity index (χ2n) is 5.14. The Bertz CT molecular complexity index is 788. The fourth-order valence-electron chi connectivity index (χ4n) is 1.99. The summed E-state index contributed by atoms with van der Waals surface area (Å²) in [6.45, 7) is 2.97.